The number of benzene rings is 3. The average molecular weight is 688 g/mol. The lowest BCUT2D eigenvalue weighted by molar-refractivity contribution is -0.137. The summed E-state index contributed by atoms with van der Waals surface area (Å²) in [6, 6.07) is 17.6. The number of nitriles is 1. The third kappa shape index (κ3) is 6.96. The summed E-state index contributed by atoms with van der Waals surface area (Å²) in [5.74, 6) is -0.114. The highest BCUT2D eigenvalue weighted by atomic mass is 127. The maximum Gasteiger partial charge on any atom is 0.416 e. The van der Waals surface area contributed by atoms with Crippen LogP contribution >= 0.6 is 45.2 Å². The van der Waals surface area contributed by atoms with Crippen LogP contribution in [0.15, 0.2) is 66.2 Å². The third-order valence-electron chi connectivity index (χ3n) is 4.65. The molecule has 0 bridgehead atoms. The van der Waals surface area contributed by atoms with Gasteiger partial charge in [-0.1, -0.05) is 35.9 Å². The first-order chi connectivity index (χ1) is 16.1. The normalized spacial score (nSPS) is 11.6. The molecule has 9 heteroatoms. The number of ether oxygens (including phenoxy) is 1. The summed E-state index contributed by atoms with van der Waals surface area (Å²) >= 11 is 4.23. The number of halogens is 5. The zero-order valence-corrected chi connectivity index (χ0v) is 22.0. The number of hydrogen-bond acceptors (Lipinski definition) is 3. The molecule has 1 N–H and O–H groups in total. The predicted molar refractivity (Wildman–Crippen MR) is 141 cm³/mol. The maximum atomic E-state index is 12.9. The molecule has 1 amide bonds. The van der Waals surface area contributed by atoms with Crippen molar-refractivity contribution in [2.75, 3.05) is 5.32 Å². The lowest BCUT2D eigenvalue weighted by atomic mass is 10.1. The molecule has 3 aromatic carbocycles. The number of carbonyl (C=O) groups excluding carboxylic acids is 1. The molecule has 0 fully saturated rings. The Morgan fingerprint density at radius 1 is 1.09 bits per heavy atom. The van der Waals surface area contributed by atoms with Crippen molar-refractivity contribution in [1.82, 2.24) is 0 Å². The molecule has 3 aromatic rings. The molecule has 0 unspecified atom stereocenters. The zero-order valence-electron chi connectivity index (χ0n) is 17.7. The minimum absolute atomic E-state index is 0.0509. The topological polar surface area (TPSA) is 62.1 Å². The van der Waals surface area contributed by atoms with Gasteiger partial charge in [0.25, 0.3) is 5.91 Å². The van der Waals surface area contributed by atoms with E-state index < -0.39 is 17.6 Å². The first-order valence-electron chi connectivity index (χ1n) is 9.84. The van der Waals surface area contributed by atoms with Crippen LogP contribution in [0.5, 0.6) is 5.75 Å². The lowest BCUT2D eigenvalue weighted by Crippen LogP contribution is -2.14. The van der Waals surface area contributed by atoms with Crippen LogP contribution in [0.2, 0.25) is 0 Å². The van der Waals surface area contributed by atoms with Crippen molar-refractivity contribution < 1.29 is 22.7 Å². The van der Waals surface area contributed by atoms with Gasteiger partial charge in [-0.05, 0) is 99.6 Å². The molecule has 0 heterocycles. The van der Waals surface area contributed by atoms with Crippen molar-refractivity contribution in [3.05, 3.63) is 95.6 Å². The molecule has 174 valence electrons. The molecular weight excluding hydrogens is 671 g/mol. The summed E-state index contributed by atoms with van der Waals surface area (Å²) < 4.78 is 46.3. The van der Waals surface area contributed by atoms with Crippen LogP contribution in [-0.4, -0.2) is 5.91 Å². The van der Waals surface area contributed by atoms with Gasteiger partial charge in [0, 0.05) is 5.69 Å². The van der Waals surface area contributed by atoms with E-state index in [1.165, 1.54) is 18.2 Å². The number of carbonyl (C=O) groups is 1. The van der Waals surface area contributed by atoms with E-state index in [-0.39, 0.29) is 11.3 Å². The third-order valence-corrected chi connectivity index (χ3v) is 6.25. The van der Waals surface area contributed by atoms with Crippen LogP contribution in [0.3, 0.4) is 0 Å². The number of aryl methyl sites for hydroxylation is 1. The summed E-state index contributed by atoms with van der Waals surface area (Å²) in [6.45, 7) is 2.41. The zero-order chi connectivity index (χ0) is 24.9. The second kappa shape index (κ2) is 11.2. The van der Waals surface area contributed by atoms with Gasteiger partial charge in [-0.3, -0.25) is 4.79 Å². The monoisotopic (exact) mass is 688 g/mol. The van der Waals surface area contributed by atoms with E-state index in [0.717, 1.165) is 30.4 Å². The van der Waals surface area contributed by atoms with Gasteiger partial charge in [0.15, 0.2) is 0 Å². The first-order valence-corrected chi connectivity index (χ1v) is 12.0. The summed E-state index contributed by atoms with van der Waals surface area (Å²) in [4.78, 5) is 12.5. The Morgan fingerprint density at radius 2 is 1.74 bits per heavy atom. The van der Waals surface area contributed by atoms with E-state index in [9.17, 15) is 23.2 Å². The summed E-state index contributed by atoms with van der Waals surface area (Å²) in [7, 11) is 0. The van der Waals surface area contributed by atoms with E-state index in [4.69, 9.17) is 4.74 Å². The number of amides is 1. The first kappa shape index (κ1) is 26.0. The van der Waals surface area contributed by atoms with Crippen molar-refractivity contribution in [3.63, 3.8) is 0 Å². The molecule has 34 heavy (non-hydrogen) atoms. The van der Waals surface area contributed by atoms with Crippen LogP contribution in [0.4, 0.5) is 18.9 Å². The Kier molecular flexibility index (Phi) is 8.59. The lowest BCUT2D eigenvalue weighted by Gasteiger charge is -2.12. The van der Waals surface area contributed by atoms with Gasteiger partial charge in [-0.15, -0.1) is 0 Å². The standard InChI is InChI=1S/C25H17F3I2N2O2/c1-15-5-7-16(8-6-15)14-34-23-21(29)10-17(11-22(23)30)9-18(13-31)24(33)32-20-4-2-3-19(12-20)25(26,27)28/h2-12H,14H2,1H3,(H,32,33)/b18-9-. The number of nitrogens with one attached hydrogen (secondary N) is 1. The maximum absolute atomic E-state index is 12.9. The fraction of sp³-hybridized carbons (Fsp3) is 0.120. The molecule has 0 atom stereocenters. The molecule has 0 saturated heterocycles. The highest BCUT2D eigenvalue weighted by Gasteiger charge is 2.30. The molecule has 0 aliphatic heterocycles. The number of hydrogen-bond donors (Lipinski definition) is 1. The van der Waals surface area contributed by atoms with E-state index >= 15 is 0 Å². The summed E-state index contributed by atoms with van der Waals surface area (Å²) in [5.41, 5.74) is 1.60. The molecule has 3 rings (SSSR count). The Balaban J connectivity index is 1.77. The van der Waals surface area contributed by atoms with Crippen molar-refractivity contribution in [3.8, 4) is 11.8 Å². The molecule has 0 aliphatic carbocycles. The van der Waals surface area contributed by atoms with Gasteiger partial charge in [-0.25, -0.2) is 0 Å². The van der Waals surface area contributed by atoms with E-state index in [0.29, 0.717) is 17.9 Å². The number of rotatable bonds is 6. The van der Waals surface area contributed by atoms with E-state index in [1.54, 1.807) is 12.1 Å². The highest BCUT2D eigenvalue weighted by molar-refractivity contribution is 14.1. The van der Waals surface area contributed by atoms with Crippen molar-refractivity contribution in [1.29, 1.82) is 5.26 Å². The molecule has 4 nitrogen and oxygen atoms in total. The van der Waals surface area contributed by atoms with Gasteiger partial charge in [0.2, 0.25) is 0 Å². The summed E-state index contributed by atoms with van der Waals surface area (Å²) in [5, 5.41) is 11.8. The molecule has 0 radical (unpaired) electrons. The van der Waals surface area contributed by atoms with Crippen molar-refractivity contribution >= 4 is 62.9 Å². The van der Waals surface area contributed by atoms with Crippen LogP contribution in [0.1, 0.15) is 22.3 Å². The van der Waals surface area contributed by atoms with Crippen LogP contribution in [0, 0.1) is 25.4 Å². The van der Waals surface area contributed by atoms with Crippen LogP contribution < -0.4 is 10.1 Å². The van der Waals surface area contributed by atoms with Crippen molar-refractivity contribution in [2.24, 2.45) is 0 Å². The van der Waals surface area contributed by atoms with Crippen LogP contribution in [0.25, 0.3) is 6.08 Å². The second-order valence-corrected chi connectivity index (χ2v) is 9.61. The second-order valence-electron chi connectivity index (χ2n) is 7.29. The van der Waals surface area contributed by atoms with Gasteiger partial charge >= 0.3 is 6.18 Å². The van der Waals surface area contributed by atoms with E-state index in [2.05, 4.69) is 50.5 Å². The summed E-state index contributed by atoms with van der Waals surface area (Å²) in [6.07, 6.45) is -3.15. The Morgan fingerprint density at radius 3 is 2.32 bits per heavy atom. The Hall–Kier alpha value is -2.59. The minimum atomic E-state index is -4.54. The molecule has 0 aliphatic rings. The highest BCUT2D eigenvalue weighted by Crippen LogP contribution is 2.32. The van der Waals surface area contributed by atoms with Gasteiger partial charge in [0.1, 0.15) is 24.0 Å². The number of anilines is 1. The van der Waals surface area contributed by atoms with Gasteiger partial charge < -0.3 is 10.1 Å². The predicted octanol–water partition coefficient (Wildman–Crippen LogP) is 7.35. The molecule has 0 aromatic heterocycles. The van der Waals surface area contributed by atoms with E-state index in [1.807, 2.05) is 37.3 Å². The fourth-order valence-corrected chi connectivity index (χ4v) is 5.06. The SMILES string of the molecule is Cc1ccc(COc2c(I)cc(/C=C(/C#N)C(=O)Nc3cccc(C(F)(F)F)c3)cc2I)cc1. The van der Waals surface area contributed by atoms with Crippen LogP contribution in [-0.2, 0) is 17.6 Å². The van der Waals surface area contributed by atoms with Crippen molar-refractivity contribution in [2.45, 2.75) is 19.7 Å². The Bertz CT molecular complexity index is 1260. The quantitative estimate of drug-likeness (QED) is 0.168. The smallest absolute Gasteiger partial charge is 0.416 e. The van der Waals surface area contributed by atoms with Gasteiger partial charge in [-0.2, -0.15) is 18.4 Å². The Labute approximate surface area is 222 Å². The fourth-order valence-electron chi connectivity index (χ4n) is 2.93. The molecule has 0 spiro atoms. The molecular formula is C25H17F3I2N2O2. The molecule has 0 saturated carbocycles. The average Bonchev–Trinajstić information content (AvgIpc) is 2.77. The largest absolute Gasteiger partial charge is 0.487 e. The number of nitrogens with zero attached hydrogens (tertiary/aromatic N) is 1. The number of alkyl halides is 3. The minimum Gasteiger partial charge on any atom is -0.487 e. The van der Waals surface area contributed by atoms with Gasteiger partial charge in [0.05, 0.1) is 12.7 Å².